The quantitative estimate of drug-likeness (QED) is 0.786. The van der Waals surface area contributed by atoms with E-state index in [-0.39, 0.29) is 5.69 Å². The maximum Gasteiger partial charge on any atom is 0.356 e. The zero-order valence-electron chi connectivity index (χ0n) is 11.2. The molecule has 0 aliphatic rings. The summed E-state index contributed by atoms with van der Waals surface area (Å²) in [5, 5.41) is 9.31. The molecule has 0 unspecified atom stereocenters. The van der Waals surface area contributed by atoms with Crippen LogP contribution in [0.1, 0.15) is 21.9 Å². The van der Waals surface area contributed by atoms with E-state index in [1.165, 1.54) is 5.56 Å². The van der Waals surface area contributed by atoms with Gasteiger partial charge in [-0.05, 0) is 40.0 Å². The highest BCUT2D eigenvalue weighted by Crippen LogP contribution is 2.23. The minimum absolute atomic E-state index is 0.0885. The fraction of sp³-hybridized carbons (Fsp3) is 0.125. The van der Waals surface area contributed by atoms with Gasteiger partial charge in [-0.1, -0.05) is 30.3 Å². The number of nitrogens with zero attached hydrogens (tertiary/aromatic N) is 2. The summed E-state index contributed by atoms with van der Waals surface area (Å²) in [7, 11) is 0. The van der Waals surface area contributed by atoms with E-state index in [2.05, 4.69) is 33.0 Å². The first-order valence-corrected chi connectivity index (χ1v) is 7.39. The highest BCUT2D eigenvalue weighted by Gasteiger charge is 2.18. The van der Waals surface area contributed by atoms with Crippen molar-refractivity contribution in [3.05, 3.63) is 70.2 Å². The monoisotopic (exact) mass is 344 g/mol. The van der Waals surface area contributed by atoms with E-state index in [4.69, 9.17) is 0 Å². The minimum Gasteiger partial charge on any atom is -0.476 e. The Labute approximate surface area is 130 Å². The molecular formula is C16H13BrN2O2. The van der Waals surface area contributed by atoms with E-state index in [0.29, 0.717) is 11.9 Å². The Morgan fingerprint density at radius 2 is 1.90 bits per heavy atom. The van der Waals surface area contributed by atoms with Gasteiger partial charge in [0.25, 0.3) is 0 Å². The van der Waals surface area contributed by atoms with Gasteiger partial charge in [0.05, 0.1) is 5.52 Å². The molecule has 0 saturated heterocycles. The number of hydrogen-bond donors (Lipinski definition) is 1. The van der Waals surface area contributed by atoms with Crippen LogP contribution >= 0.6 is 15.9 Å². The van der Waals surface area contributed by atoms with Crippen LogP contribution in [-0.4, -0.2) is 20.5 Å². The molecule has 0 spiro atoms. The Morgan fingerprint density at radius 3 is 2.62 bits per heavy atom. The van der Waals surface area contributed by atoms with Crippen molar-refractivity contribution in [3.8, 4) is 0 Å². The van der Waals surface area contributed by atoms with Gasteiger partial charge < -0.3 is 9.51 Å². The fourth-order valence-corrected chi connectivity index (χ4v) is 2.92. The Morgan fingerprint density at radius 1 is 1.14 bits per heavy atom. The van der Waals surface area contributed by atoms with Crippen LogP contribution < -0.4 is 0 Å². The highest BCUT2D eigenvalue weighted by atomic mass is 79.9. The first-order valence-electron chi connectivity index (χ1n) is 6.59. The second-order valence-corrected chi connectivity index (χ2v) is 5.60. The van der Waals surface area contributed by atoms with E-state index < -0.39 is 5.97 Å². The summed E-state index contributed by atoms with van der Waals surface area (Å²) < 4.78 is 2.58. The summed E-state index contributed by atoms with van der Waals surface area (Å²) in [4.78, 5) is 15.7. The fourth-order valence-electron chi connectivity index (χ4n) is 2.39. The molecule has 0 aliphatic carbocycles. The summed E-state index contributed by atoms with van der Waals surface area (Å²) in [6.45, 7) is 0. The molecule has 0 radical (unpaired) electrons. The maximum absolute atomic E-state index is 11.4. The second-order valence-electron chi connectivity index (χ2n) is 4.74. The van der Waals surface area contributed by atoms with Gasteiger partial charge in [-0.15, -0.1) is 0 Å². The summed E-state index contributed by atoms with van der Waals surface area (Å²) in [6.07, 6.45) is 3.36. The molecule has 0 amide bonds. The van der Waals surface area contributed by atoms with Crippen LogP contribution in [0.15, 0.2) is 53.1 Å². The molecule has 3 aromatic rings. The first kappa shape index (κ1) is 13.8. The molecule has 0 saturated carbocycles. The van der Waals surface area contributed by atoms with Crippen molar-refractivity contribution in [1.82, 2.24) is 9.38 Å². The summed E-state index contributed by atoms with van der Waals surface area (Å²) >= 11 is 3.40. The number of aromatic nitrogens is 2. The third kappa shape index (κ3) is 2.69. The molecule has 0 atom stereocenters. The largest absolute Gasteiger partial charge is 0.476 e. The summed E-state index contributed by atoms with van der Waals surface area (Å²) in [5.74, 6) is -0.252. The van der Waals surface area contributed by atoms with Crippen LogP contribution in [0.5, 0.6) is 0 Å². The Balaban J connectivity index is 1.99. The van der Waals surface area contributed by atoms with Crippen molar-refractivity contribution in [3.63, 3.8) is 0 Å². The van der Waals surface area contributed by atoms with Gasteiger partial charge in [0.2, 0.25) is 0 Å². The van der Waals surface area contributed by atoms with Crippen LogP contribution in [-0.2, 0) is 12.8 Å². The number of imidazole rings is 1. The van der Waals surface area contributed by atoms with Crippen molar-refractivity contribution < 1.29 is 9.90 Å². The number of pyridine rings is 1. The lowest BCUT2D eigenvalue weighted by molar-refractivity contribution is 0.0693. The van der Waals surface area contributed by atoms with Gasteiger partial charge >= 0.3 is 5.97 Å². The van der Waals surface area contributed by atoms with E-state index in [1.54, 1.807) is 0 Å². The lowest BCUT2D eigenvalue weighted by Gasteiger charge is -2.02. The second kappa shape index (κ2) is 5.69. The number of fused-ring (bicyclic) bond motifs is 1. The standard InChI is InChI=1S/C16H13BrN2O2/c17-12-7-4-10-19-13(18-14(15(12)19)16(20)21)9-8-11-5-2-1-3-6-11/h1-7,10H,8-9H2,(H,20,21). The lowest BCUT2D eigenvalue weighted by atomic mass is 10.1. The number of carbonyl (C=O) groups is 1. The highest BCUT2D eigenvalue weighted by molar-refractivity contribution is 9.10. The summed E-state index contributed by atoms with van der Waals surface area (Å²) in [6, 6.07) is 13.8. The van der Waals surface area contributed by atoms with Crippen molar-refractivity contribution >= 4 is 27.4 Å². The molecule has 2 aromatic heterocycles. The molecule has 106 valence electrons. The molecule has 2 heterocycles. The SMILES string of the molecule is O=C(O)c1nc(CCc2ccccc2)n2cccc(Br)c12. The van der Waals surface area contributed by atoms with E-state index in [1.807, 2.05) is 40.9 Å². The zero-order chi connectivity index (χ0) is 14.8. The number of aromatic carboxylic acids is 1. The van der Waals surface area contributed by atoms with E-state index in [0.717, 1.165) is 16.7 Å². The van der Waals surface area contributed by atoms with Crippen LogP contribution in [0.4, 0.5) is 0 Å². The molecule has 0 bridgehead atoms. The first-order chi connectivity index (χ1) is 10.2. The number of aryl methyl sites for hydroxylation is 2. The average molecular weight is 345 g/mol. The maximum atomic E-state index is 11.4. The van der Waals surface area contributed by atoms with Gasteiger partial charge in [0.15, 0.2) is 5.69 Å². The van der Waals surface area contributed by atoms with Gasteiger partial charge in [-0.3, -0.25) is 0 Å². The van der Waals surface area contributed by atoms with Crippen LogP contribution in [0.3, 0.4) is 0 Å². The molecule has 21 heavy (non-hydrogen) atoms. The van der Waals surface area contributed by atoms with Crippen molar-refractivity contribution in [2.24, 2.45) is 0 Å². The van der Waals surface area contributed by atoms with E-state index in [9.17, 15) is 9.90 Å². The van der Waals surface area contributed by atoms with Crippen LogP contribution in [0, 0.1) is 0 Å². The van der Waals surface area contributed by atoms with Gasteiger partial charge in [-0.2, -0.15) is 0 Å². The van der Waals surface area contributed by atoms with Crippen molar-refractivity contribution in [2.45, 2.75) is 12.8 Å². The number of benzene rings is 1. The molecule has 3 rings (SSSR count). The normalized spacial score (nSPS) is 10.9. The molecule has 0 aliphatic heterocycles. The molecule has 1 N–H and O–H groups in total. The number of halogens is 1. The molecule has 0 fully saturated rings. The molecule has 1 aromatic carbocycles. The predicted octanol–water partition coefficient (Wildman–Crippen LogP) is 3.58. The van der Waals surface area contributed by atoms with Crippen molar-refractivity contribution in [2.75, 3.05) is 0 Å². The molecular weight excluding hydrogens is 332 g/mol. The smallest absolute Gasteiger partial charge is 0.356 e. The number of carboxylic acids is 1. The van der Waals surface area contributed by atoms with Gasteiger partial charge in [0.1, 0.15) is 5.82 Å². The lowest BCUT2D eigenvalue weighted by Crippen LogP contribution is -1.98. The molecule has 4 nitrogen and oxygen atoms in total. The van der Waals surface area contributed by atoms with Crippen LogP contribution in [0.2, 0.25) is 0 Å². The summed E-state index contributed by atoms with van der Waals surface area (Å²) in [5.41, 5.74) is 1.90. The Bertz CT molecular complexity index is 797. The molecule has 5 heteroatoms. The Hall–Kier alpha value is -2.14. The number of carboxylic acid groups (broad SMARTS) is 1. The van der Waals surface area contributed by atoms with Crippen LogP contribution in [0.25, 0.3) is 5.52 Å². The topological polar surface area (TPSA) is 54.6 Å². The van der Waals surface area contributed by atoms with Crippen molar-refractivity contribution in [1.29, 1.82) is 0 Å². The van der Waals surface area contributed by atoms with Gasteiger partial charge in [-0.25, -0.2) is 9.78 Å². The Kier molecular flexibility index (Phi) is 3.75. The van der Waals surface area contributed by atoms with Gasteiger partial charge in [0, 0.05) is 17.1 Å². The van der Waals surface area contributed by atoms with E-state index >= 15 is 0 Å². The predicted molar refractivity (Wildman–Crippen MR) is 83.7 cm³/mol. The minimum atomic E-state index is -1.01. The third-order valence-electron chi connectivity index (χ3n) is 3.37. The number of hydrogen-bond acceptors (Lipinski definition) is 2. The zero-order valence-corrected chi connectivity index (χ0v) is 12.7. The average Bonchev–Trinajstić information content (AvgIpc) is 2.87. The number of rotatable bonds is 4. The third-order valence-corrected chi connectivity index (χ3v) is 4.01.